The summed E-state index contributed by atoms with van der Waals surface area (Å²) < 4.78 is 37.2. The van der Waals surface area contributed by atoms with Crippen LogP contribution in [0.3, 0.4) is 0 Å². The zero-order chi connectivity index (χ0) is 12.6. The van der Waals surface area contributed by atoms with Crippen LogP contribution in [-0.4, -0.2) is 21.2 Å². The molecule has 0 aromatic carbocycles. The Morgan fingerprint density at radius 3 is 2.71 bits per heavy atom. The number of nitrogens with zero attached hydrogens (tertiary/aromatic N) is 1. The summed E-state index contributed by atoms with van der Waals surface area (Å²) in [6, 6.07) is 2.02. The number of hydrogen-bond acceptors (Lipinski definition) is 2. The Bertz CT molecular complexity index is 576. The van der Waals surface area contributed by atoms with Gasteiger partial charge in [0.15, 0.2) is 0 Å². The molecule has 0 saturated carbocycles. The van der Waals surface area contributed by atoms with E-state index in [9.17, 15) is 18.0 Å². The van der Waals surface area contributed by atoms with E-state index in [4.69, 9.17) is 5.11 Å². The van der Waals surface area contributed by atoms with Crippen LogP contribution in [0.4, 0.5) is 23.7 Å². The van der Waals surface area contributed by atoms with Crippen LogP contribution < -0.4 is 5.32 Å². The van der Waals surface area contributed by atoms with E-state index in [1.807, 2.05) is 5.32 Å². The van der Waals surface area contributed by atoms with Crippen LogP contribution in [0.2, 0.25) is 0 Å². The van der Waals surface area contributed by atoms with Crippen LogP contribution in [0.1, 0.15) is 5.69 Å². The second-order valence-electron chi connectivity index (χ2n) is 3.22. The summed E-state index contributed by atoms with van der Waals surface area (Å²) in [4.78, 5) is 16.4. The van der Waals surface area contributed by atoms with E-state index >= 15 is 0 Å². The van der Waals surface area contributed by atoms with E-state index in [-0.39, 0.29) is 11.2 Å². The Balaban J connectivity index is 2.54. The largest absolute Gasteiger partial charge is 0.465 e. The van der Waals surface area contributed by atoms with E-state index in [0.717, 1.165) is 6.07 Å². The summed E-state index contributed by atoms with van der Waals surface area (Å²) in [6.07, 6.45) is -4.69. The molecule has 2 aromatic rings. The highest BCUT2D eigenvalue weighted by molar-refractivity contribution is 5.96. The van der Waals surface area contributed by atoms with Crippen LogP contribution in [0.5, 0.6) is 0 Å². The van der Waals surface area contributed by atoms with Crippen LogP contribution in [0.25, 0.3) is 11.0 Å². The molecule has 3 N–H and O–H groups in total. The quantitative estimate of drug-likeness (QED) is 0.722. The predicted octanol–water partition coefficient (Wildman–Crippen LogP) is 2.67. The van der Waals surface area contributed by atoms with Gasteiger partial charge in [0, 0.05) is 6.20 Å². The van der Waals surface area contributed by atoms with Crippen LogP contribution in [0.15, 0.2) is 18.3 Å². The molecule has 0 fully saturated rings. The number of amides is 1. The van der Waals surface area contributed by atoms with E-state index in [1.54, 1.807) is 0 Å². The molecule has 0 spiro atoms. The number of nitrogens with one attached hydrogen (secondary N) is 2. The molecule has 5 nitrogen and oxygen atoms in total. The minimum Gasteiger partial charge on any atom is -0.465 e. The topological polar surface area (TPSA) is 78.0 Å². The lowest BCUT2D eigenvalue weighted by atomic mass is 10.3. The highest BCUT2D eigenvalue weighted by Gasteiger charge is 2.32. The molecule has 0 radical (unpaired) electrons. The van der Waals surface area contributed by atoms with Gasteiger partial charge in [-0.1, -0.05) is 0 Å². The number of alkyl halides is 3. The SMILES string of the molecule is O=C(O)Nc1c[nH]c2ccc(C(F)(F)F)nc12. The molecule has 0 aliphatic carbocycles. The number of anilines is 1. The zero-order valence-electron chi connectivity index (χ0n) is 8.17. The summed E-state index contributed by atoms with van der Waals surface area (Å²) in [5.41, 5.74) is -0.833. The highest BCUT2D eigenvalue weighted by atomic mass is 19.4. The number of hydrogen-bond donors (Lipinski definition) is 3. The molecule has 0 aliphatic heterocycles. The summed E-state index contributed by atoms with van der Waals surface area (Å²) >= 11 is 0. The molecule has 0 unspecified atom stereocenters. The fraction of sp³-hybridized carbons (Fsp3) is 0.111. The van der Waals surface area contributed by atoms with E-state index in [2.05, 4.69) is 9.97 Å². The van der Waals surface area contributed by atoms with Gasteiger partial charge < -0.3 is 10.1 Å². The van der Waals surface area contributed by atoms with Gasteiger partial charge in [0.1, 0.15) is 11.2 Å². The molecular weight excluding hydrogens is 239 g/mol. The van der Waals surface area contributed by atoms with E-state index in [0.29, 0.717) is 5.52 Å². The third kappa shape index (κ3) is 2.14. The third-order valence-corrected chi connectivity index (χ3v) is 2.05. The van der Waals surface area contributed by atoms with Crippen molar-refractivity contribution in [3.05, 3.63) is 24.0 Å². The van der Waals surface area contributed by atoms with Gasteiger partial charge in [-0.25, -0.2) is 9.78 Å². The maximum Gasteiger partial charge on any atom is 0.433 e. The Labute approximate surface area is 92.3 Å². The number of aromatic nitrogens is 2. The second-order valence-corrected chi connectivity index (χ2v) is 3.22. The van der Waals surface area contributed by atoms with Gasteiger partial charge in [0.05, 0.1) is 11.2 Å². The molecule has 17 heavy (non-hydrogen) atoms. The summed E-state index contributed by atoms with van der Waals surface area (Å²) in [5.74, 6) is 0. The standard InChI is InChI=1S/C9H6F3N3O2/c10-9(11,12)6-2-1-4-7(15-6)5(3-13-4)14-8(16)17/h1-3,13-14H,(H,16,17). The highest BCUT2D eigenvalue weighted by Crippen LogP contribution is 2.30. The number of carboxylic acid groups (broad SMARTS) is 1. The zero-order valence-corrected chi connectivity index (χ0v) is 8.17. The average Bonchev–Trinajstić information content (AvgIpc) is 2.59. The van der Waals surface area contributed by atoms with Crippen molar-refractivity contribution in [2.24, 2.45) is 0 Å². The summed E-state index contributed by atoms with van der Waals surface area (Å²) in [7, 11) is 0. The number of pyridine rings is 1. The fourth-order valence-corrected chi connectivity index (χ4v) is 1.37. The number of fused-ring (bicyclic) bond motifs is 1. The van der Waals surface area contributed by atoms with Crippen molar-refractivity contribution in [1.29, 1.82) is 0 Å². The van der Waals surface area contributed by atoms with Crippen molar-refractivity contribution in [3.63, 3.8) is 0 Å². The van der Waals surface area contributed by atoms with Crippen LogP contribution in [0, 0.1) is 0 Å². The molecule has 0 bridgehead atoms. The summed E-state index contributed by atoms with van der Waals surface area (Å²) in [5, 5.41) is 10.5. The Hall–Kier alpha value is -2.25. The molecule has 0 aliphatic rings. The van der Waals surface area contributed by atoms with Gasteiger partial charge in [-0.3, -0.25) is 5.32 Å². The third-order valence-electron chi connectivity index (χ3n) is 2.05. The van der Waals surface area contributed by atoms with Crippen molar-refractivity contribution >= 4 is 22.8 Å². The van der Waals surface area contributed by atoms with Crippen LogP contribution in [-0.2, 0) is 6.18 Å². The normalized spacial score (nSPS) is 11.7. The van der Waals surface area contributed by atoms with Gasteiger partial charge in [0.25, 0.3) is 0 Å². The molecule has 0 atom stereocenters. The maximum absolute atomic E-state index is 12.4. The lowest BCUT2D eigenvalue weighted by Gasteiger charge is -2.05. The first-order valence-electron chi connectivity index (χ1n) is 4.43. The van der Waals surface area contributed by atoms with Gasteiger partial charge in [0.2, 0.25) is 0 Å². The summed E-state index contributed by atoms with van der Waals surface area (Å²) in [6.45, 7) is 0. The van der Waals surface area contributed by atoms with Crippen LogP contribution >= 0.6 is 0 Å². The predicted molar refractivity (Wildman–Crippen MR) is 52.7 cm³/mol. The number of rotatable bonds is 1. The van der Waals surface area contributed by atoms with Crippen molar-refractivity contribution in [2.75, 3.05) is 5.32 Å². The first-order chi connectivity index (χ1) is 7.88. The smallest absolute Gasteiger partial charge is 0.433 e. The van der Waals surface area contributed by atoms with Gasteiger partial charge >= 0.3 is 12.3 Å². The van der Waals surface area contributed by atoms with E-state index in [1.165, 1.54) is 12.3 Å². The fourth-order valence-electron chi connectivity index (χ4n) is 1.37. The Kier molecular flexibility index (Phi) is 2.41. The van der Waals surface area contributed by atoms with Crippen molar-refractivity contribution in [2.45, 2.75) is 6.18 Å². The minimum atomic E-state index is -4.56. The monoisotopic (exact) mass is 245 g/mol. The Morgan fingerprint density at radius 2 is 2.12 bits per heavy atom. The second kappa shape index (κ2) is 3.65. The first kappa shape index (κ1) is 11.2. The van der Waals surface area contributed by atoms with Crippen molar-refractivity contribution in [3.8, 4) is 0 Å². The number of aromatic amines is 1. The van der Waals surface area contributed by atoms with Crippen molar-refractivity contribution in [1.82, 2.24) is 9.97 Å². The first-order valence-corrected chi connectivity index (χ1v) is 4.43. The molecule has 90 valence electrons. The van der Waals surface area contributed by atoms with Crippen molar-refractivity contribution < 1.29 is 23.1 Å². The lowest BCUT2D eigenvalue weighted by Crippen LogP contribution is -2.09. The number of carbonyl (C=O) groups is 1. The molecule has 2 heterocycles. The maximum atomic E-state index is 12.4. The van der Waals surface area contributed by atoms with E-state index < -0.39 is 18.0 Å². The van der Waals surface area contributed by atoms with Gasteiger partial charge in [-0.2, -0.15) is 13.2 Å². The van der Waals surface area contributed by atoms with Gasteiger partial charge in [-0.05, 0) is 12.1 Å². The molecule has 0 saturated heterocycles. The van der Waals surface area contributed by atoms with Gasteiger partial charge in [-0.15, -0.1) is 0 Å². The number of H-pyrrole nitrogens is 1. The molecule has 2 aromatic heterocycles. The average molecular weight is 245 g/mol. The molecular formula is C9H6F3N3O2. The molecule has 1 amide bonds. The number of halogens is 3. The molecule has 2 rings (SSSR count). The molecule has 8 heteroatoms. The lowest BCUT2D eigenvalue weighted by molar-refractivity contribution is -0.140. The minimum absolute atomic E-state index is 0.0152. The Morgan fingerprint density at radius 1 is 1.41 bits per heavy atom.